The zero-order valence-corrected chi connectivity index (χ0v) is 7.84. The topological polar surface area (TPSA) is 71.9 Å². The van der Waals surface area contributed by atoms with Gasteiger partial charge in [-0.3, -0.25) is 10.2 Å². The summed E-state index contributed by atoms with van der Waals surface area (Å²) in [6.45, 7) is 0.137. The van der Waals surface area contributed by atoms with Crippen LogP contribution in [0.1, 0.15) is 0 Å². The molecule has 0 fully saturated rings. The molecule has 0 aliphatic carbocycles. The molecule has 1 heterocycles. The Balaban J connectivity index is 3.09. The molecule has 5 heteroatoms. The van der Waals surface area contributed by atoms with Gasteiger partial charge in [0.25, 0.3) is 5.56 Å². The highest BCUT2D eigenvalue weighted by atomic mass is 79.9. The SMILES string of the molecule is N=C(N)Cn1cccc(Br)c1=O. The molecular formula is C7H8BrN3O. The van der Waals surface area contributed by atoms with Crippen LogP contribution in [0.4, 0.5) is 0 Å². The molecule has 0 aliphatic heterocycles. The molecule has 0 atom stereocenters. The Morgan fingerprint density at radius 2 is 2.42 bits per heavy atom. The van der Waals surface area contributed by atoms with Crippen LogP contribution in [0.25, 0.3) is 0 Å². The van der Waals surface area contributed by atoms with E-state index >= 15 is 0 Å². The largest absolute Gasteiger partial charge is 0.386 e. The van der Waals surface area contributed by atoms with E-state index in [1.807, 2.05) is 0 Å². The smallest absolute Gasteiger partial charge is 0.265 e. The molecule has 1 aromatic heterocycles. The summed E-state index contributed by atoms with van der Waals surface area (Å²) in [5.41, 5.74) is 4.98. The van der Waals surface area contributed by atoms with E-state index in [4.69, 9.17) is 11.1 Å². The van der Waals surface area contributed by atoms with Crippen LogP contribution in [0, 0.1) is 5.41 Å². The average Bonchev–Trinajstić information content (AvgIpc) is 1.98. The van der Waals surface area contributed by atoms with Crippen LogP contribution < -0.4 is 11.3 Å². The van der Waals surface area contributed by atoms with E-state index in [2.05, 4.69) is 15.9 Å². The minimum atomic E-state index is -0.173. The molecule has 0 bridgehead atoms. The number of nitrogens with zero attached hydrogens (tertiary/aromatic N) is 1. The van der Waals surface area contributed by atoms with Crippen molar-refractivity contribution in [1.29, 1.82) is 5.41 Å². The number of hydrogen-bond donors (Lipinski definition) is 2. The number of nitrogens with two attached hydrogens (primary N) is 1. The second-order valence-electron chi connectivity index (χ2n) is 2.31. The molecule has 1 rings (SSSR count). The van der Waals surface area contributed by atoms with Crippen LogP contribution in [0.3, 0.4) is 0 Å². The van der Waals surface area contributed by atoms with Crippen molar-refractivity contribution in [3.8, 4) is 0 Å². The van der Waals surface area contributed by atoms with Crippen molar-refractivity contribution >= 4 is 21.8 Å². The monoisotopic (exact) mass is 229 g/mol. The third kappa shape index (κ3) is 1.94. The normalized spacial score (nSPS) is 9.75. The van der Waals surface area contributed by atoms with Crippen LogP contribution in [0.2, 0.25) is 0 Å². The van der Waals surface area contributed by atoms with Gasteiger partial charge in [-0.1, -0.05) is 0 Å². The first kappa shape index (κ1) is 8.99. The van der Waals surface area contributed by atoms with Crippen molar-refractivity contribution < 1.29 is 0 Å². The Bertz CT molecular complexity index is 358. The molecule has 0 saturated heterocycles. The number of amidine groups is 1. The number of nitrogens with one attached hydrogen (secondary N) is 1. The third-order valence-corrected chi connectivity index (χ3v) is 1.92. The van der Waals surface area contributed by atoms with Crippen molar-refractivity contribution in [3.63, 3.8) is 0 Å². The maximum atomic E-state index is 11.3. The summed E-state index contributed by atoms with van der Waals surface area (Å²) in [6, 6.07) is 3.37. The Labute approximate surface area is 77.6 Å². The number of pyridine rings is 1. The van der Waals surface area contributed by atoms with Gasteiger partial charge in [0.05, 0.1) is 11.0 Å². The fourth-order valence-electron chi connectivity index (χ4n) is 0.816. The molecule has 1 aromatic rings. The second-order valence-corrected chi connectivity index (χ2v) is 3.17. The fourth-order valence-corrected chi connectivity index (χ4v) is 1.20. The van der Waals surface area contributed by atoms with Gasteiger partial charge in [0.15, 0.2) is 0 Å². The predicted octanol–water partition coefficient (Wildman–Crippen LogP) is 0.547. The van der Waals surface area contributed by atoms with Crippen molar-refractivity contribution in [2.75, 3.05) is 0 Å². The van der Waals surface area contributed by atoms with Crippen molar-refractivity contribution in [1.82, 2.24) is 4.57 Å². The zero-order valence-electron chi connectivity index (χ0n) is 6.25. The third-order valence-electron chi connectivity index (χ3n) is 1.31. The molecule has 0 saturated carbocycles. The quantitative estimate of drug-likeness (QED) is 0.575. The van der Waals surface area contributed by atoms with Gasteiger partial charge >= 0.3 is 0 Å². The fraction of sp³-hybridized carbons (Fsp3) is 0.143. The molecule has 64 valence electrons. The first-order valence-electron chi connectivity index (χ1n) is 3.29. The Morgan fingerprint density at radius 1 is 1.75 bits per heavy atom. The van der Waals surface area contributed by atoms with E-state index < -0.39 is 0 Å². The van der Waals surface area contributed by atoms with Gasteiger partial charge in [-0.05, 0) is 28.1 Å². The van der Waals surface area contributed by atoms with Crippen LogP contribution >= 0.6 is 15.9 Å². The summed E-state index contributed by atoms with van der Waals surface area (Å²) in [5, 5.41) is 7.00. The second kappa shape index (κ2) is 3.53. The molecular weight excluding hydrogens is 222 g/mol. The highest BCUT2D eigenvalue weighted by Crippen LogP contribution is 1.99. The standard InChI is InChI=1S/C7H8BrN3O/c8-5-2-1-3-11(7(5)12)4-6(9)10/h1-3H,4H2,(H3,9,10). The first-order valence-corrected chi connectivity index (χ1v) is 4.08. The molecule has 4 nitrogen and oxygen atoms in total. The molecule has 12 heavy (non-hydrogen) atoms. The van der Waals surface area contributed by atoms with Gasteiger partial charge < -0.3 is 10.3 Å². The van der Waals surface area contributed by atoms with Gasteiger partial charge in [0, 0.05) is 6.20 Å². The van der Waals surface area contributed by atoms with Crippen molar-refractivity contribution in [2.45, 2.75) is 6.54 Å². The summed E-state index contributed by atoms with van der Waals surface area (Å²) < 4.78 is 1.85. The summed E-state index contributed by atoms with van der Waals surface area (Å²) in [7, 11) is 0. The Kier molecular flexibility index (Phi) is 2.65. The van der Waals surface area contributed by atoms with Crippen LogP contribution in [-0.2, 0) is 6.54 Å². The lowest BCUT2D eigenvalue weighted by Crippen LogP contribution is -2.27. The van der Waals surface area contributed by atoms with Crippen LogP contribution in [0.15, 0.2) is 27.6 Å². The van der Waals surface area contributed by atoms with Crippen molar-refractivity contribution in [2.24, 2.45) is 5.73 Å². The van der Waals surface area contributed by atoms with E-state index in [1.54, 1.807) is 18.3 Å². The number of aromatic nitrogens is 1. The highest BCUT2D eigenvalue weighted by molar-refractivity contribution is 9.10. The summed E-state index contributed by atoms with van der Waals surface area (Å²) >= 11 is 3.09. The van der Waals surface area contributed by atoms with Crippen LogP contribution in [-0.4, -0.2) is 10.4 Å². The Hall–Kier alpha value is -1.10. The van der Waals surface area contributed by atoms with Gasteiger partial charge in [-0.15, -0.1) is 0 Å². The molecule has 0 amide bonds. The molecule has 0 unspecified atom stereocenters. The maximum Gasteiger partial charge on any atom is 0.265 e. The van der Waals surface area contributed by atoms with E-state index in [0.717, 1.165) is 0 Å². The van der Waals surface area contributed by atoms with E-state index in [1.165, 1.54) is 4.57 Å². The summed E-state index contributed by atoms with van der Waals surface area (Å²) in [4.78, 5) is 11.3. The maximum absolute atomic E-state index is 11.3. The summed E-state index contributed by atoms with van der Waals surface area (Å²) in [5.74, 6) is -0.0322. The number of halogens is 1. The number of rotatable bonds is 2. The lowest BCUT2D eigenvalue weighted by atomic mass is 10.4. The van der Waals surface area contributed by atoms with Gasteiger partial charge in [-0.25, -0.2) is 0 Å². The molecule has 0 aromatic carbocycles. The number of hydrogen-bond acceptors (Lipinski definition) is 2. The molecule has 0 spiro atoms. The lowest BCUT2D eigenvalue weighted by Gasteiger charge is -2.02. The van der Waals surface area contributed by atoms with Crippen LogP contribution in [0.5, 0.6) is 0 Å². The first-order chi connectivity index (χ1) is 5.61. The minimum absolute atomic E-state index is 0.0322. The highest BCUT2D eigenvalue weighted by Gasteiger charge is 1.99. The van der Waals surface area contributed by atoms with Gasteiger partial charge in [0.1, 0.15) is 5.84 Å². The molecule has 0 radical (unpaired) electrons. The molecule has 0 aliphatic rings. The zero-order chi connectivity index (χ0) is 9.14. The molecule has 3 N–H and O–H groups in total. The Morgan fingerprint density at radius 3 is 3.00 bits per heavy atom. The van der Waals surface area contributed by atoms with E-state index in [0.29, 0.717) is 4.47 Å². The van der Waals surface area contributed by atoms with E-state index in [9.17, 15) is 4.79 Å². The average molecular weight is 230 g/mol. The van der Waals surface area contributed by atoms with Gasteiger partial charge in [-0.2, -0.15) is 0 Å². The summed E-state index contributed by atoms with van der Waals surface area (Å²) in [6.07, 6.45) is 1.59. The van der Waals surface area contributed by atoms with E-state index in [-0.39, 0.29) is 17.9 Å². The minimum Gasteiger partial charge on any atom is -0.386 e. The predicted molar refractivity (Wildman–Crippen MR) is 50.3 cm³/mol. The van der Waals surface area contributed by atoms with Crippen molar-refractivity contribution in [3.05, 3.63) is 33.2 Å². The lowest BCUT2D eigenvalue weighted by molar-refractivity contribution is 0.792. The van der Waals surface area contributed by atoms with Gasteiger partial charge in [0.2, 0.25) is 0 Å².